The fourth-order valence-corrected chi connectivity index (χ4v) is 5.28. The monoisotopic (exact) mass is 447 g/mol. The molecule has 0 amide bonds. The smallest absolute Gasteiger partial charge is 0.228 e. The van der Waals surface area contributed by atoms with E-state index in [0.29, 0.717) is 17.7 Å². The quantitative estimate of drug-likeness (QED) is 0.442. The summed E-state index contributed by atoms with van der Waals surface area (Å²) in [5.41, 5.74) is 1.06. The molecule has 3 heterocycles. The van der Waals surface area contributed by atoms with Crippen LogP contribution in [-0.2, 0) is 12.4 Å². The van der Waals surface area contributed by atoms with E-state index < -0.39 is 0 Å². The normalized spacial score (nSPS) is 16.5. The number of aromatic nitrogens is 4. The maximum absolute atomic E-state index is 5.91. The molecule has 2 fully saturated rings. The van der Waals surface area contributed by atoms with Crippen LogP contribution in [0.5, 0.6) is 5.75 Å². The molecular formula is C20H22ClN5OS2. The third kappa shape index (κ3) is 4.54. The number of hydrogen-bond acceptors (Lipinski definition) is 7. The Morgan fingerprint density at radius 3 is 2.69 bits per heavy atom. The van der Waals surface area contributed by atoms with E-state index in [1.165, 1.54) is 25.7 Å². The average molecular weight is 448 g/mol. The number of halogens is 1. The second-order valence-electron chi connectivity index (χ2n) is 7.34. The maximum atomic E-state index is 5.91. The molecule has 0 atom stereocenters. The predicted octanol–water partition coefficient (Wildman–Crippen LogP) is 5.19. The number of rotatable bonds is 8. The van der Waals surface area contributed by atoms with Crippen LogP contribution in [0, 0.1) is 0 Å². The summed E-state index contributed by atoms with van der Waals surface area (Å²) in [5, 5.41) is 13.8. The first-order valence-electron chi connectivity index (χ1n) is 9.90. The lowest BCUT2D eigenvalue weighted by molar-refractivity contribution is 0.305. The second-order valence-corrected chi connectivity index (χ2v) is 9.66. The summed E-state index contributed by atoms with van der Waals surface area (Å²) in [6, 6.07) is 7.97. The van der Waals surface area contributed by atoms with Crippen molar-refractivity contribution < 1.29 is 4.74 Å². The summed E-state index contributed by atoms with van der Waals surface area (Å²) in [4.78, 5) is 7.09. The number of anilines is 1. The second kappa shape index (κ2) is 8.53. The molecule has 2 aliphatic rings. The van der Waals surface area contributed by atoms with Gasteiger partial charge in [-0.15, -0.1) is 21.5 Å². The van der Waals surface area contributed by atoms with Crippen molar-refractivity contribution in [1.29, 1.82) is 0 Å². The van der Waals surface area contributed by atoms with Crippen LogP contribution in [0.1, 0.15) is 42.4 Å². The standard InChI is InChI=1S/C20H22ClN5OS2/c21-14-3-7-17(8-4-14)27-11-18-22-15(12-28-18)13-29-20-24-23-19(25-9-1-2-10-25)26(20)16-5-6-16/h3-4,7-8,12,16H,1-2,5-6,9-11,13H2. The molecule has 1 aromatic carbocycles. The van der Waals surface area contributed by atoms with E-state index >= 15 is 0 Å². The zero-order valence-corrected chi connectivity index (χ0v) is 18.3. The van der Waals surface area contributed by atoms with Crippen LogP contribution in [0.2, 0.25) is 5.02 Å². The van der Waals surface area contributed by atoms with E-state index in [1.54, 1.807) is 23.1 Å². The van der Waals surface area contributed by atoms with Crippen LogP contribution in [0.25, 0.3) is 0 Å². The zero-order chi connectivity index (χ0) is 19.6. The Labute approximate surface area is 183 Å². The van der Waals surface area contributed by atoms with Gasteiger partial charge in [0.15, 0.2) is 5.16 Å². The van der Waals surface area contributed by atoms with Gasteiger partial charge in [0.2, 0.25) is 5.95 Å². The number of benzene rings is 1. The molecule has 0 spiro atoms. The highest BCUT2D eigenvalue weighted by atomic mass is 35.5. The first kappa shape index (κ1) is 19.2. The SMILES string of the molecule is Clc1ccc(OCc2nc(CSc3nnc(N4CCCC4)n3C3CC3)cs2)cc1. The minimum atomic E-state index is 0.467. The lowest BCUT2D eigenvalue weighted by Crippen LogP contribution is -2.22. The van der Waals surface area contributed by atoms with Crippen molar-refractivity contribution in [2.24, 2.45) is 0 Å². The predicted molar refractivity (Wildman–Crippen MR) is 117 cm³/mol. The summed E-state index contributed by atoms with van der Waals surface area (Å²) in [6.07, 6.45) is 4.96. The van der Waals surface area contributed by atoms with Crippen molar-refractivity contribution in [3.8, 4) is 5.75 Å². The molecule has 0 radical (unpaired) electrons. The van der Waals surface area contributed by atoms with Crippen LogP contribution in [0.4, 0.5) is 5.95 Å². The van der Waals surface area contributed by atoms with E-state index in [2.05, 4.69) is 25.0 Å². The first-order valence-corrected chi connectivity index (χ1v) is 12.1. The van der Waals surface area contributed by atoms with Crippen LogP contribution >= 0.6 is 34.7 Å². The molecule has 3 aromatic rings. The van der Waals surface area contributed by atoms with Crippen LogP contribution in [-0.4, -0.2) is 32.8 Å². The summed E-state index contributed by atoms with van der Waals surface area (Å²) >= 11 is 9.27. The van der Waals surface area contributed by atoms with Crippen molar-refractivity contribution in [3.63, 3.8) is 0 Å². The van der Waals surface area contributed by atoms with Gasteiger partial charge in [0.05, 0.1) is 5.69 Å². The van der Waals surface area contributed by atoms with E-state index in [0.717, 1.165) is 46.4 Å². The number of ether oxygens (including phenoxy) is 1. The topological polar surface area (TPSA) is 56.1 Å². The summed E-state index contributed by atoms with van der Waals surface area (Å²) in [5.74, 6) is 2.65. The minimum Gasteiger partial charge on any atom is -0.486 e. The van der Waals surface area contributed by atoms with Gasteiger partial charge in [0.25, 0.3) is 0 Å². The fourth-order valence-electron chi connectivity index (χ4n) is 3.45. The fraction of sp³-hybridized carbons (Fsp3) is 0.450. The van der Waals surface area contributed by atoms with Gasteiger partial charge in [0.1, 0.15) is 17.4 Å². The minimum absolute atomic E-state index is 0.467. The van der Waals surface area contributed by atoms with E-state index in [9.17, 15) is 0 Å². The molecule has 0 N–H and O–H groups in total. The molecule has 0 unspecified atom stereocenters. The van der Waals surface area contributed by atoms with Gasteiger partial charge >= 0.3 is 0 Å². The molecule has 2 aromatic heterocycles. The molecule has 1 aliphatic carbocycles. The number of nitrogens with zero attached hydrogens (tertiary/aromatic N) is 5. The molecular weight excluding hydrogens is 426 g/mol. The zero-order valence-electron chi connectivity index (χ0n) is 16.0. The lowest BCUT2D eigenvalue weighted by atomic mass is 10.3. The Kier molecular flexibility index (Phi) is 5.65. The van der Waals surface area contributed by atoms with Crippen LogP contribution in [0.15, 0.2) is 34.8 Å². The molecule has 29 heavy (non-hydrogen) atoms. The van der Waals surface area contributed by atoms with Gasteiger partial charge in [-0.3, -0.25) is 4.57 Å². The highest BCUT2D eigenvalue weighted by molar-refractivity contribution is 7.98. The summed E-state index contributed by atoms with van der Waals surface area (Å²) < 4.78 is 8.15. The van der Waals surface area contributed by atoms with Gasteiger partial charge in [-0.1, -0.05) is 23.4 Å². The van der Waals surface area contributed by atoms with Crippen molar-refractivity contribution in [3.05, 3.63) is 45.4 Å². The van der Waals surface area contributed by atoms with Gasteiger partial charge in [-0.2, -0.15) is 0 Å². The summed E-state index contributed by atoms with van der Waals surface area (Å²) in [6.45, 7) is 2.66. The highest BCUT2D eigenvalue weighted by Crippen LogP contribution is 2.41. The molecule has 152 valence electrons. The van der Waals surface area contributed by atoms with Crippen LogP contribution in [0.3, 0.4) is 0 Å². The number of thiazole rings is 1. The van der Waals surface area contributed by atoms with Crippen molar-refractivity contribution >= 4 is 40.6 Å². The average Bonchev–Trinajstić information content (AvgIpc) is 3.14. The van der Waals surface area contributed by atoms with Gasteiger partial charge < -0.3 is 9.64 Å². The third-order valence-corrected chi connectivity index (χ3v) is 7.17. The Morgan fingerprint density at radius 1 is 1.14 bits per heavy atom. The van der Waals surface area contributed by atoms with E-state index in [4.69, 9.17) is 21.3 Å². The largest absolute Gasteiger partial charge is 0.486 e. The Bertz CT molecular complexity index is 964. The Hall–Kier alpha value is -1.77. The number of thioether (sulfide) groups is 1. The van der Waals surface area contributed by atoms with Gasteiger partial charge in [-0.05, 0) is 49.9 Å². The Balaban J connectivity index is 1.20. The van der Waals surface area contributed by atoms with E-state index in [1.807, 2.05) is 24.3 Å². The third-order valence-electron chi connectivity index (χ3n) is 5.07. The molecule has 1 saturated carbocycles. The lowest BCUT2D eigenvalue weighted by Gasteiger charge is -2.17. The number of hydrogen-bond donors (Lipinski definition) is 0. The van der Waals surface area contributed by atoms with E-state index in [-0.39, 0.29) is 0 Å². The van der Waals surface area contributed by atoms with Crippen molar-refractivity contribution in [2.45, 2.75) is 49.2 Å². The van der Waals surface area contributed by atoms with Crippen molar-refractivity contribution in [2.75, 3.05) is 18.0 Å². The summed E-state index contributed by atoms with van der Waals surface area (Å²) in [7, 11) is 0. The molecule has 0 bridgehead atoms. The maximum Gasteiger partial charge on any atom is 0.228 e. The molecule has 5 rings (SSSR count). The molecule has 6 nitrogen and oxygen atoms in total. The first-order chi connectivity index (χ1) is 14.3. The van der Waals surface area contributed by atoms with Crippen LogP contribution < -0.4 is 9.64 Å². The van der Waals surface area contributed by atoms with Gasteiger partial charge in [0, 0.05) is 35.3 Å². The molecule has 9 heteroatoms. The Morgan fingerprint density at radius 2 is 1.93 bits per heavy atom. The van der Waals surface area contributed by atoms with Crippen molar-refractivity contribution in [1.82, 2.24) is 19.7 Å². The molecule has 1 saturated heterocycles. The molecule has 1 aliphatic heterocycles. The van der Waals surface area contributed by atoms with Gasteiger partial charge in [-0.25, -0.2) is 4.98 Å². The highest BCUT2D eigenvalue weighted by Gasteiger charge is 2.32.